The number of aryl methyl sites for hydroxylation is 2. The van der Waals surface area contributed by atoms with E-state index in [1.807, 2.05) is 38.1 Å². The van der Waals surface area contributed by atoms with E-state index in [4.69, 9.17) is 0 Å². The topological polar surface area (TPSA) is 93.4 Å². The van der Waals surface area contributed by atoms with E-state index in [1.54, 1.807) is 61.1 Å². The number of anilines is 2. The van der Waals surface area contributed by atoms with Crippen molar-refractivity contribution in [3.05, 3.63) is 106 Å². The summed E-state index contributed by atoms with van der Waals surface area (Å²) in [7, 11) is -2.57. The molecule has 0 spiro atoms. The van der Waals surface area contributed by atoms with E-state index in [2.05, 4.69) is 5.32 Å². The van der Waals surface area contributed by atoms with Gasteiger partial charge in [0.15, 0.2) is 0 Å². The lowest BCUT2D eigenvalue weighted by Gasteiger charge is -2.23. The molecule has 0 fully saturated rings. The van der Waals surface area contributed by atoms with E-state index in [1.165, 1.54) is 16.8 Å². The Morgan fingerprint density at radius 1 is 0.917 bits per heavy atom. The quantitative estimate of drug-likeness (QED) is 0.413. The number of nitrogens with zero attached hydrogens (tertiary/aromatic N) is 3. The van der Waals surface area contributed by atoms with Gasteiger partial charge in [-0.2, -0.15) is 0 Å². The SMILES string of the molecule is Cc1ccc(C)c(NC(=O)CN(c2c(C)n(C)n(-c3ccccc3)c2=O)S(=O)(=O)c2ccccc2)c1. The van der Waals surface area contributed by atoms with Gasteiger partial charge in [-0.3, -0.25) is 14.3 Å². The van der Waals surface area contributed by atoms with Gasteiger partial charge in [0.1, 0.15) is 12.2 Å². The normalized spacial score (nSPS) is 11.3. The summed E-state index contributed by atoms with van der Waals surface area (Å²) in [5, 5.41) is 2.81. The molecule has 0 bridgehead atoms. The minimum Gasteiger partial charge on any atom is -0.324 e. The fourth-order valence-corrected chi connectivity index (χ4v) is 5.53. The maximum atomic E-state index is 13.8. The number of hydrogen-bond donors (Lipinski definition) is 1. The van der Waals surface area contributed by atoms with Crippen LogP contribution in [0, 0.1) is 20.8 Å². The molecule has 9 heteroatoms. The highest BCUT2D eigenvalue weighted by Gasteiger charge is 2.33. The van der Waals surface area contributed by atoms with E-state index in [-0.39, 0.29) is 10.6 Å². The molecule has 0 radical (unpaired) electrons. The molecule has 186 valence electrons. The number of aromatic nitrogens is 2. The number of carbonyl (C=O) groups excluding carboxylic acids is 1. The average Bonchev–Trinajstić information content (AvgIpc) is 3.08. The van der Waals surface area contributed by atoms with Crippen molar-refractivity contribution in [2.75, 3.05) is 16.2 Å². The van der Waals surface area contributed by atoms with Gasteiger partial charge in [-0.05, 0) is 62.2 Å². The molecule has 0 unspecified atom stereocenters. The van der Waals surface area contributed by atoms with Crippen molar-refractivity contribution >= 4 is 27.3 Å². The third kappa shape index (κ3) is 4.70. The zero-order chi connectivity index (χ0) is 26.0. The maximum absolute atomic E-state index is 13.8. The molecule has 0 aliphatic carbocycles. The third-order valence-corrected chi connectivity index (χ3v) is 7.82. The van der Waals surface area contributed by atoms with Gasteiger partial charge in [-0.1, -0.05) is 48.5 Å². The Kier molecular flexibility index (Phi) is 6.85. The highest BCUT2D eigenvalue weighted by Crippen LogP contribution is 2.26. The van der Waals surface area contributed by atoms with Crippen molar-refractivity contribution in [3.63, 3.8) is 0 Å². The number of carbonyl (C=O) groups is 1. The molecule has 4 aromatic rings. The second kappa shape index (κ2) is 9.87. The Morgan fingerprint density at radius 3 is 2.17 bits per heavy atom. The lowest BCUT2D eigenvalue weighted by atomic mass is 10.1. The van der Waals surface area contributed by atoms with Crippen LogP contribution in [-0.2, 0) is 21.9 Å². The smallest absolute Gasteiger partial charge is 0.296 e. The Morgan fingerprint density at radius 2 is 1.53 bits per heavy atom. The Hall–Kier alpha value is -4.11. The second-order valence-corrected chi connectivity index (χ2v) is 10.5. The number of hydrogen-bond acceptors (Lipinski definition) is 4. The summed E-state index contributed by atoms with van der Waals surface area (Å²) < 4.78 is 31.5. The lowest BCUT2D eigenvalue weighted by Crippen LogP contribution is -2.41. The summed E-state index contributed by atoms with van der Waals surface area (Å²) in [5.74, 6) is -0.558. The third-order valence-electron chi connectivity index (χ3n) is 6.06. The fraction of sp³-hybridized carbons (Fsp3) is 0.185. The van der Waals surface area contributed by atoms with E-state index in [0.717, 1.165) is 15.4 Å². The van der Waals surface area contributed by atoms with Gasteiger partial charge in [-0.25, -0.2) is 17.4 Å². The molecule has 1 N–H and O–H groups in total. The van der Waals surface area contributed by atoms with Crippen molar-refractivity contribution in [1.82, 2.24) is 9.36 Å². The fourth-order valence-electron chi connectivity index (χ4n) is 4.04. The molecule has 0 aliphatic heterocycles. The molecule has 1 heterocycles. The van der Waals surface area contributed by atoms with Crippen LogP contribution in [0.15, 0.2) is 88.6 Å². The van der Waals surface area contributed by atoms with Crippen LogP contribution < -0.4 is 15.2 Å². The molecule has 36 heavy (non-hydrogen) atoms. The Balaban J connectivity index is 1.84. The van der Waals surface area contributed by atoms with Crippen molar-refractivity contribution in [2.45, 2.75) is 25.7 Å². The van der Waals surface area contributed by atoms with Crippen molar-refractivity contribution in [2.24, 2.45) is 7.05 Å². The monoisotopic (exact) mass is 504 g/mol. The highest BCUT2D eigenvalue weighted by molar-refractivity contribution is 7.92. The Bertz CT molecular complexity index is 1570. The zero-order valence-electron chi connectivity index (χ0n) is 20.6. The van der Waals surface area contributed by atoms with Gasteiger partial charge in [0, 0.05) is 12.7 Å². The van der Waals surface area contributed by atoms with E-state index in [0.29, 0.717) is 17.1 Å². The molecule has 1 amide bonds. The van der Waals surface area contributed by atoms with Crippen LogP contribution in [0.3, 0.4) is 0 Å². The molecule has 8 nitrogen and oxygen atoms in total. The van der Waals surface area contributed by atoms with Crippen LogP contribution in [-0.4, -0.2) is 30.2 Å². The molecule has 0 atom stereocenters. The molecule has 0 saturated heterocycles. The predicted molar refractivity (Wildman–Crippen MR) is 141 cm³/mol. The summed E-state index contributed by atoms with van der Waals surface area (Å²) in [6.07, 6.45) is 0. The van der Waals surface area contributed by atoms with Crippen LogP contribution in [0.2, 0.25) is 0 Å². The van der Waals surface area contributed by atoms with Gasteiger partial charge >= 0.3 is 0 Å². The molecule has 0 saturated carbocycles. The standard InChI is InChI=1S/C27H28N4O4S/c1-19-15-16-20(2)24(17-19)28-25(32)18-30(36(34,35)23-13-9-6-10-14-23)26-21(3)29(4)31(27(26)33)22-11-7-5-8-12-22/h5-17H,18H2,1-4H3,(H,28,32). The molecular formula is C27H28N4O4S. The molecule has 3 aromatic carbocycles. The number of rotatable bonds is 7. The first-order chi connectivity index (χ1) is 17.1. The maximum Gasteiger partial charge on any atom is 0.296 e. The number of para-hydroxylation sites is 1. The van der Waals surface area contributed by atoms with E-state index in [9.17, 15) is 18.0 Å². The zero-order valence-corrected chi connectivity index (χ0v) is 21.4. The summed E-state index contributed by atoms with van der Waals surface area (Å²) in [5.41, 5.74) is 2.74. The number of benzene rings is 3. The number of sulfonamides is 1. The van der Waals surface area contributed by atoms with Crippen LogP contribution in [0.4, 0.5) is 11.4 Å². The molecule has 0 aliphatic rings. The average molecular weight is 505 g/mol. The molecular weight excluding hydrogens is 476 g/mol. The first-order valence-corrected chi connectivity index (χ1v) is 12.8. The van der Waals surface area contributed by atoms with E-state index >= 15 is 0 Å². The number of amides is 1. The van der Waals surface area contributed by atoms with Crippen molar-refractivity contribution in [3.8, 4) is 5.69 Å². The van der Waals surface area contributed by atoms with Gasteiger partial charge in [0.05, 0.1) is 16.3 Å². The molecule has 1 aromatic heterocycles. The van der Waals surface area contributed by atoms with Crippen LogP contribution in [0.5, 0.6) is 0 Å². The predicted octanol–water partition coefficient (Wildman–Crippen LogP) is 3.94. The van der Waals surface area contributed by atoms with Gasteiger partial charge in [-0.15, -0.1) is 0 Å². The first-order valence-electron chi connectivity index (χ1n) is 11.4. The molecule has 4 rings (SSSR count). The van der Waals surface area contributed by atoms with Gasteiger partial charge in [0.2, 0.25) is 5.91 Å². The van der Waals surface area contributed by atoms with Gasteiger partial charge in [0.25, 0.3) is 15.6 Å². The summed E-state index contributed by atoms with van der Waals surface area (Å²) in [4.78, 5) is 26.8. The van der Waals surface area contributed by atoms with Crippen LogP contribution in [0.25, 0.3) is 5.69 Å². The van der Waals surface area contributed by atoms with Gasteiger partial charge < -0.3 is 5.32 Å². The minimum absolute atomic E-state index is 0.0153. The minimum atomic E-state index is -4.24. The largest absolute Gasteiger partial charge is 0.324 e. The van der Waals surface area contributed by atoms with Crippen LogP contribution in [0.1, 0.15) is 16.8 Å². The Labute approximate surface area is 210 Å². The first kappa shape index (κ1) is 25.0. The summed E-state index contributed by atoms with van der Waals surface area (Å²) in [6, 6.07) is 22.3. The summed E-state index contributed by atoms with van der Waals surface area (Å²) >= 11 is 0. The lowest BCUT2D eigenvalue weighted by molar-refractivity contribution is -0.114. The highest BCUT2D eigenvalue weighted by atomic mass is 32.2. The van der Waals surface area contributed by atoms with E-state index < -0.39 is 28.0 Å². The summed E-state index contributed by atoms with van der Waals surface area (Å²) in [6.45, 7) is 4.85. The number of nitrogens with one attached hydrogen (secondary N) is 1. The second-order valence-electron chi connectivity index (χ2n) is 8.60. The van der Waals surface area contributed by atoms with Crippen molar-refractivity contribution in [1.29, 1.82) is 0 Å². The van der Waals surface area contributed by atoms with Crippen LogP contribution >= 0.6 is 0 Å². The van der Waals surface area contributed by atoms with Crippen molar-refractivity contribution < 1.29 is 13.2 Å².